The lowest BCUT2D eigenvalue weighted by molar-refractivity contribution is 0.414. The van der Waals surface area contributed by atoms with Crippen LogP contribution in [0.1, 0.15) is 0 Å². The molecule has 112 valence electrons. The van der Waals surface area contributed by atoms with Crippen LogP contribution in [0.15, 0.2) is 53.3 Å². The summed E-state index contributed by atoms with van der Waals surface area (Å²) < 4.78 is 10.9. The molecule has 7 heteroatoms. The Morgan fingerprint density at radius 2 is 2.00 bits per heavy atom. The Morgan fingerprint density at radius 1 is 1.23 bits per heavy atom. The highest BCUT2D eigenvalue weighted by Crippen LogP contribution is 2.22. The van der Waals surface area contributed by atoms with Crippen molar-refractivity contribution < 1.29 is 4.74 Å². The van der Waals surface area contributed by atoms with Crippen LogP contribution in [0.2, 0.25) is 5.02 Å². The van der Waals surface area contributed by atoms with Crippen molar-refractivity contribution in [1.82, 2.24) is 8.94 Å². The third-order valence-electron chi connectivity index (χ3n) is 3.02. The molecule has 0 bridgehead atoms. The first-order valence-electron chi connectivity index (χ1n) is 6.43. The van der Waals surface area contributed by atoms with Gasteiger partial charge in [0, 0.05) is 28.3 Å². The summed E-state index contributed by atoms with van der Waals surface area (Å²) in [6.45, 7) is 0. The van der Waals surface area contributed by atoms with E-state index in [1.54, 1.807) is 25.3 Å². The maximum atomic E-state index is 12.1. The highest BCUT2D eigenvalue weighted by Gasteiger charge is 2.11. The molecule has 0 unspecified atom stereocenters. The zero-order chi connectivity index (χ0) is 15.5. The lowest BCUT2D eigenvalue weighted by Crippen LogP contribution is -2.13. The molecule has 0 spiro atoms. The molecule has 0 fully saturated rings. The van der Waals surface area contributed by atoms with Gasteiger partial charge in [0.2, 0.25) is 5.95 Å². The van der Waals surface area contributed by atoms with Gasteiger partial charge in [-0.1, -0.05) is 17.7 Å². The average molecular weight is 334 g/mol. The maximum absolute atomic E-state index is 12.1. The molecule has 0 radical (unpaired) electrons. The van der Waals surface area contributed by atoms with E-state index >= 15 is 0 Å². The monoisotopic (exact) mass is 333 g/mol. The number of nitrogens with one attached hydrogen (secondary N) is 1. The number of anilines is 2. The predicted octanol–water partition coefficient (Wildman–Crippen LogP) is 3.70. The van der Waals surface area contributed by atoms with E-state index in [1.807, 2.05) is 30.3 Å². The maximum Gasteiger partial charge on any atom is 0.332 e. The summed E-state index contributed by atoms with van der Waals surface area (Å²) in [6.07, 6.45) is 0. The molecule has 0 amide bonds. The number of hydrogen-bond donors (Lipinski definition) is 1. The van der Waals surface area contributed by atoms with Crippen LogP contribution in [0.4, 0.5) is 11.6 Å². The van der Waals surface area contributed by atoms with Crippen molar-refractivity contribution in [2.45, 2.75) is 0 Å². The fourth-order valence-electron chi connectivity index (χ4n) is 1.97. The lowest BCUT2D eigenvalue weighted by Gasteiger charge is -2.09. The molecule has 1 N–H and O–H groups in total. The van der Waals surface area contributed by atoms with E-state index in [2.05, 4.69) is 9.69 Å². The SMILES string of the molecule is COc1cccc(-n2c(Nc3ccc(Cl)cc3)nsc2=O)c1. The second-order valence-corrected chi connectivity index (χ2v) is 5.59. The number of ether oxygens (including phenoxy) is 1. The lowest BCUT2D eigenvalue weighted by atomic mass is 10.3. The highest BCUT2D eigenvalue weighted by molar-refractivity contribution is 7.03. The Morgan fingerprint density at radius 3 is 2.73 bits per heavy atom. The molecule has 0 saturated carbocycles. The van der Waals surface area contributed by atoms with Crippen molar-refractivity contribution in [3.05, 3.63) is 63.2 Å². The van der Waals surface area contributed by atoms with E-state index in [4.69, 9.17) is 16.3 Å². The minimum absolute atomic E-state index is 0.176. The van der Waals surface area contributed by atoms with Gasteiger partial charge in [0.25, 0.3) is 0 Å². The number of nitrogens with zero attached hydrogens (tertiary/aromatic N) is 2. The Balaban J connectivity index is 2.00. The molecule has 0 aliphatic rings. The van der Waals surface area contributed by atoms with Crippen molar-refractivity contribution in [3.8, 4) is 11.4 Å². The predicted molar refractivity (Wildman–Crippen MR) is 89.0 cm³/mol. The van der Waals surface area contributed by atoms with Crippen LogP contribution in [-0.4, -0.2) is 16.1 Å². The molecule has 1 aromatic heterocycles. The standard InChI is InChI=1S/C15H12ClN3O2S/c1-21-13-4-2-3-12(9-13)19-14(18-22-15(19)20)17-11-7-5-10(16)6-8-11/h2-9H,1H3,(H,17,18). The van der Waals surface area contributed by atoms with E-state index in [-0.39, 0.29) is 4.87 Å². The van der Waals surface area contributed by atoms with E-state index in [9.17, 15) is 4.79 Å². The second kappa shape index (κ2) is 6.21. The molecule has 3 rings (SSSR count). The van der Waals surface area contributed by atoms with Gasteiger partial charge >= 0.3 is 4.87 Å². The van der Waals surface area contributed by atoms with Gasteiger partial charge in [0.05, 0.1) is 12.8 Å². The van der Waals surface area contributed by atoms with Crippen LogP contribution in [0, 0.1) is 0 Å². The third kappa shape index (κ3) is 2.98. The Bertz CT molecular complexity index is 842. The number of methoxy groups -OCH3 is 1. The molecule has 3 aromatic rings. The summed E-state index contributed by atoms with van der Waals surface area (Å²) in [5, 5.41) is 3.77. The highest BCUT2D eigenvalue weighted by atomic mass is 35.5. The molecule has 22 heavy (non-hydrogen) atoms. The van der Waals surface area contributed by atoms with Gasteiger partial charge in [0.1, 0.15) is 5.75 Å². The topological polar surface area (TPSA) is 56.1 Å². The summed E-state index contributed by atoms with van der Waals surface area (Å²) in [5.41, 5.74) is 1.49. The molecular weight excluding hydrogens is 322 g/mol. The second-order valence-electron chi connectivity index (χ2n) is 4.44. The van der Waals surface area contributed by atoms with Gasteiger partial charge in [-0.05, 0) is 36.4 Å². The van der Waals surface area contributed by atoms with E-state index in [0.29, 0.717) is 22.4 Å². The molecule has 1 heterocycles. The van der Waals surface area contributed by atoms with Crippen molar-refractivity contribution in [3.63, 3.8) is 0 Å². The van der Waals surface area contributed by atoms with Crippen molar-refractivity contribution in [1.29, 1.82) is 0 Å². The fourth-order valence-corrected chi connectivity index (χ4v) is 2.66. The first-order valence-corrected chi connectivity index (χ1v) is 7.58. The first kappa shape index (κ1) is 14.6. The van der Waals surface area contributed by atoms with E-state index < -0.39 is 0 Å². The number of aromatic nitrogens is 2. The summed E-state index contributed by atoms with van der Waals surface area (Å²) >= 11 is 6.76. The number of benzene rings is 2. The zero-order valence-corrected chi connectivity index (χ0v) is 13.2. The number of rotatable bonds is 4. The van der Waals surface area contributed by atoms with E-state index in [0.717, 1.165) is 17.2 Å². The summed E-state index contributed by atoms with van der Waals surface area (Å²) in [6, 6.07) is 14.4. The molecule has 0 atom stereocenters. The summed E-state index contributed by atoms with van der Waals surface area (Å²) in [7, 11) is 1.58. The Kier molecular flexibility index (Phi) is 4.13. The van der Waals surface area contributed by atoms with Gasteiger partial charge in [-0.3, -0.25) is 4.79 Å². The zero-order valence-electron chi connectivity index (χ0n) is 11.6. The minimum Gasteiger partial charge on any atom is -0.497 e. The van der Waals surface area contributed by atoms with Crippen LogP contribution in [0.25, 0.3) is 5.69 Å². The van der Waals surface area contributed by atoms with Crippen molar-refractivity contribution in [2.24, 2.45) is 0 Å². The Hall–Kier alpha value is -2.31. The summed E-state index contributed by atoms with van der Waals surface area (Å²) in [4.78, 5) is 11.9. The largest absolute Gasteiger partial charge is 0.497 e. The smallest absolute Gasteiger partial charge is 0.332 e. The minimum atomic E-state index is -0.176. The first-order chi connectivity index (χ1) is 10.7. The van der Waals surface area contributed by atoms with Gasteiger partial charge in [-0.25, -0.2) is 4.57 Å². The van der Waals surface area contributed by atoms with E-state index in [1.165, 1.54) is 4.57 Å². The van der Waals surface area contributed by atoms with Crippen LogP contribution in [0.5, 0.6) is 5.75 Å². The van der Waals surface area contributed by atoms with Crippen LogP contribution in [0.3, 0.4) is 0 Å². The quantitative estimate of drug-likeness (QED) is 0.791. The normalized spacial score (nSPS) is 10.5. The van der Waals surface area contributed by atoms with Gasteiger partial charge in [-0.2, -0.15) is 4.37 Å². The average Bonchev–Trinajstić information content (AvgIpc) is 2.90. The number of hydrogen-bond acceptors (Lipinski definition) is 5. The van der Waals surface area contributed by atoms with Crippen molar-refractivity contribution >= 4 is 34.8 Å². The number of halogens is 1. The van der Waals surface area contributed by atoms with Gasteiger partial charge in [0.15, 0.2) is 0 Å². The fraction of sp³-hybridized carbons (Fsp3) is 0.0667. The molecule has 0 saturated heterocycles. The van der Waals surface area contributed by atoms with Gasteiger partial charge < -0.3 is 10.1 Å². The van der Waals surface area contributed by atoms with Gasteiger partial charge in [-0.15, -0.1) is 0 Å². The molecular formula is C15H12ClN3O2S. The van der Waals surface area contributed by atoms with Crippen LogP contribution >= 0.6 is 23.1 Å². The van der Waals surface area contributed by atoms with Crippen LogP contribution < -0.4 is 14.9 Å². The molecule has 0 aliphatic heterocycles. The van der Waals surface area contributed by atoms with Crippen LogP contribution in [-0.2, 0) is 0 Å². The molecule has 2 aromatic carbocycles. The van der Waals surface area contributed by atoms with Crippen molar-refractivity contribution in [2.75, 3.05) is 12.4 Å². The summed E-state index contributed by atoms with van der Waals surface area (Å²) in [5.74, 6) is 1.12. The Labute approximate surface area is 135 Å². The third-order valence-corrected chi connectivity index (χ3v) is 3.87. The molecule has 0 aliphatic carbocycles. The molecule has 5 nitrogen and oxygen atoms in total.